The lowest BCUT2D eigenvalue weighted by Gasteiger charge is -2.36. The molecule has 74 valence electrons. The van der Waals surface area contributed by atoms with Gasteiger partial charge in [0.1, 0.15) is 0 Å². The number of carbonyl (C=O) groups excluding carboxylic acids is 1. The fourth-order valence-corrected chi connectivity index (χ4v) is 1.23. The number of nitrogens with one attached hydrogen (secondary N) is 1. The van der Waals surface area contributed by atoms with Gasteiger partial charge in [0.15, 0.2) is 0 Å². The van der Waals surface area contributed by atoms with Crippen molar-refractivity contribution in [3.05, 3.63) is 12.2 Å². The lowest BCUT2D eigenvalue weighted by molar-refractivity contribution is -0.132. The standard InChI is InChI=1S/C9H15FN2O/c1-11-4-2-3-9(13)12-6-8(5-10)7-12/h2-3,8,11H,4-7H2,1H3/b3-2+. The van der Waals surface area contributed by atoms with Crippen LogP contribution in [0.1, 0.15) is 0 Å². The Morgan fingerprint density at radius 1 is 1.69 bits per heavy atom. The Labute approximate surface area is 77.6 Å². The van der Waals surface area contributed by atoms with E-state index in [0.29, 0.717) is 19.6 Å². The maximum Gasteiger partial charge on any atom is 0.246 e. The molecule has 0 radical (unpaired) electrons. The average molecular weight is 186 g/mol. The largest absolute Gasteiger partial charge is 0.338 e. The van der Waals surface area contributed by atoms with Crippen LogP contribution in [-0.4, -0.2) is 44.2 Å². The first-order valence-corrected chi connectivity index (χ1v) is 4.44. The molecule has 1 N–H and O–H groups in total. The molecular formula is C9H15FN2O. The van der Waals surface area contributed by atoms with E-state index in [-0.39, 0.29) is 18.5 Å². The number of rotatable bonds is 4. The number of hydrogen-bond donors (Lipinski definition) is 1. The topological polar surface area (TPSA) is 32.3 Å². The van der Waals surface area contributed by atoms with Crippen molar-refractivity contribution >= 4 is 5.91 Å². The smallest absolute Gasteiger partial charge is 0.246 e. The number of halogens is 1. The zero-order valence-corrected chi connectivity index (χ0v) is 7.79. The van der Waals surface area contributed by atoms with E-state index in [1.54, 1.807) is 11.0 Å². The summed E-state index contributed by atoms with van der Waals surface area (Å²) in [5.74, 6) is 0.0570. The molecule has 0 saturated carbocycles. The van der Waals surface area contributed by atoms with Crippen LogP contribution in [0, 0.1) is 5.92 Å². The first-order valence-electron chi connectivity index (χ1n) is 4.44. The zero-order chi connectivity index (χ0) is 9.68. The van der Waals surface area contributed by atoms with Crippen molar-refractivity contribution in [1.82, 2.24) is 10.2 Å². The predicted octanol–water partition coefficient (Wildman–Crippen LogP) is 0.190. The van der Waals surface area contributed by atoms with Crippen molar-refractivity contribution in [2.75, 3.05) is 33.4 Å². The van der Waals surface area contributed by atoms with E-state index < -0.39 is 0 Å². The van der Waals surface area contributed by atoms with Gasteiger partial charge in [-0.25, -0.2) is 0 Å². The van der Waals surface area contributed by atoms with Gasteiger partial charge in [0.2, 0.25) is 5.91 Å². The number of alkyl halides is 1. The minimum absolute atomic E-state index is 0.0139. The fraction of sp³-hybridized carbons (Fsp3) is 0.667. The zero-order valence-electron chi connectivity index (χ0n) is 7.79. The van der Waals surface area contributed by atoms with E-state index >= 15 is 0 Å². The first kappa shape index (κ1) is 10.2. The Bertz CT molecular complexity index is 200. The molecule has 3 nitrogen and oxygen atoms in total. The van der Waals surface area contributed by atoms with Gasteiger partial charge in [0.25, 0.3) is 0 Å². The monoisotopic (exact) mass is 186 g/mol. The second-order valence-corrected chi connectivity index (χ2v) is 3.22. The van der Waals surface area contributed by atoms with E-state index in [1.807, 2.05) is 7.05 Å². The van der Waals surface area contributed by atoms with E-state index in [1.165, 1.54) is 6.08 Å². The molecule has 0 aromatic carbocycles. The minimum Gasteiger partial charge on any atom is -0.338 e. The van der Waals surface area contributed by atoms with Crippen molar-refractivity contribution in [3.63, 3.8) is 0 Å². The number of carbonyl (C=O) groups is 1. The van der Waals surface area contributed by atoms with Crippen LogP contribution in [0.4, 0.5) is 4.39 Å². The Morgan fingerprint density at radius 2 is 2.38 bits per heavy atom. The van der Waals surface area contributed by atoms with Crippen molar-refractivity contribution in [2.24, 2.45) is 5.92 Å². The molecule has 0 unspecified atom stereocenters. The number of amides is 1. The summed E-state index contributed by atoms with van der Waals surface area (Å²) >= 11 is 0. The summed E-state index contributed by atoms with van der Waals surface area (Å²) in [5, 5.41) is 2.90. The molecule has 13 heavy (non-hydrogen) atoms. The summed E-state index contributed by atoms with van der Waals surface area (Å²) in [6, 6.07) is 0. The molecule has 1 rings (SSSR count). The molecule has 1 saturated heterocycles. The van der Waals surface area contributed by atoms with Gasteiger partial charge in [-0.2, -0.15) is 0 Å². The molecule has 1 fully saturated rings. The highest BCUT2D eigenvalue weighted by molar-refractivity contribution is 5.88. The molecule has 1 aliphatic rings. The third-order valence-electron chi connectivity index (χ3n) is 2.07. The van der Waals surface area contributed by atoms with Crippen LogP contribution in [0.5, 0.6) is 0 Å². The second-order valence-electron chi connectivity index (χ2n) is 3.22. The Morgan fingerprint density at radius 3 is 2.92 bits per heavy atom. The summed E-state index contributed by atoms with van der Waals surface area (Å²) < 4.78 is 12.0. The third kappa shape index (κ3) is 2.81. The van der Waals surface area contributed by atoms with Gasteiger partial charge in [-0.3, -0.25) is 9.18 Å². The van der Waals surface area contributed by atoms with Crippen LogP contribution in [0.15, 0.2) is 12.2 Å². The van der Waals surface area contributed by atoms with Crippen molar-refractivity contribution in [3.8, 4) is 0 Å². The van der Waals surface area contributed by atoms with Crippen LogP contribution >= 0.6 is 0 Å². The number of hydrogen-bond acceptors (Lipinski definition) is 2. The van der Waals surface area contributed by atoms with Crippen LogP contribution in [-0.2, 0) is 4.79 Å². The molecule has 0 bridgehead atoms. The van der Waals surface area contributed by atoms with E-state index in [9.17, 15) is 9.18 Å². The van der Waals surface area contributed by atoms with Crippen LogP contribution in [0.2, 0.25) is 0 Å². The SMILES string of the molecule is CNC/C=C/C(=O)N1CC(CF)C1. The summed E-state index contributed by atoms with van der Waals surface area (Å²) in [5.41, 5.74) is 0. The van der Waals surface area contributed by atoms with Crippen molar-refractivity contribution in [1.29, 1.82) is 0 Å². The Balaban J connectivity index is 2.19. The van der Waals surface area contributed by atoms with Gasteiger partial charge in [0.05, 0.1) is 6.67 Å². The van der Waals surface area contributed by atoms with Crippen LogP contribution < -0.4 is 5.32 Å². The van der Waals surface area contributed by atoms with Gasteiger partial charge in [-0.05, 0) is 7.05 Å². The minimum atomic E-state index is -0.315. The van der Waals surface area contributed by atoms with E-state index in [4.69, 9.17) is 0 Å². The highest BCUT2D eigenvalue weighted by atomic mass is 19.1. The number of likely N-dealkylation sites (N-methyl/N-ethyl adjacent to an activating group) is 1. The normalized spacial score (nSPS) is 17.8. The van der Waals surface area contributed by atoms with Gasteiger partial charge in [-0.1, -0.05) is 6.08 Å². The number of nitrogens with zero attached hydrogens (tertiary/aromatic N) is 1. The molecular weight excluding hydrogens is 171 g/mol. The third-order valence-corrected chi connectivity index (χ3v) is 2.07. The molecule has 0 aliphatic carbocycles. The van der Waals surface area contributed by atoms with Crippen LogP contribution in [0.25, 0.3) is 0 Å². The summed E-state index contributed by atoms with van der Waals surface area (Å²) in [7, 11) is 1.82. The lowest BCUT2D eigenvalue weighted by Crippen LogP contribution is -2.50. The van der Waals surface area contributed by atoms with E-state index in [2.05, 4.69) is 5.32 Å². The van der Waals surface area contributed by atoms with Gasteiger partial charge in [0, 0.05) is 31.6 Å². The molecule has 0 aromatic heterocycles. The summed E-state index contributed by atoms with van der Waals surface area (Å²) in [6.07, 6.45) is 3.30. The highest BCUT2D eigenvalue weighted by Gasteiger charge is 2.28. The molecule has 4 heteroatoms. The second kappa shape index (κ2) is 4.97. The predicted molar refractivity (Wildman–Crippen MR) is 49.1 cm³/mol. The molecule has 1 amide bonds. The average Bonchev–Trinajstić information content (AvgIpc) is 2.03. The molecule has 1 aliphatic heterocycles. The van der Waals surface area contributed by atoms with Crippen molar-refractivity contribution in [2.45, 2.75) is 0 Å². The molecule has 0 atom stereocenters. The fourth-order valence-electron chi connectivity index (χ4n) is 1.23. The lowest BCUT2D eigenvalue weighted by atomic mass is 10.0. The van der Waals surface area contributed by atoms with Gasteiger partial charge < -0.3 is 10.2 Å². The summed E-state index contributed by atoms with van der Waals surface area (Å²) in [4.78, 5) is 12.9. The highest BCUT2D eigenvalue weighted by Crippen LogP contribution is 2.15. The summed E-state index contributed by atoms with van der Waals surface area (Å²) in [6.45, 7) is 1.51. The first-order chi connectivity index (χ1) is 6.27. The molecule has 1 heterocycles. The maximum absolute atomic E-state index is 12.0. The van der Waals surface area contributed by atoms with Gasteiger partial charge >= 0.3 is 0 Å². The van der Waals surface area contributed by atoms with Gasteiger partial charge in [-0.15, -0.1) is 0 Å². The van der Waals surface area contributed by atoms with Crippen LogP contribution in [0.3, 0.4) is 0 Å². The number of likely N-dealkylation sites (tertiary alicyclic amines) is 1. The van der Waals surface area contributed by atoms with Crippen molar-refractivity contribution < 1.29 is 9.18 Å². The Hall–Kier alpha value is -0.900. The molecule has 0 aromatic rings. The molecule has 0 spiro atoms. The maximum atomic E-state index is 12.0. The Kier molecular flexibility index (Phi) is 3.89. The quantitative estimate of drug-likeness (QED) is 0.636. The van der Waals surface area contributed by atoms with E-state index in [0.717, 1.165) is 0 Å².